The molecule has 4 heteroatoms. The Balaban J connectivity index is 1.94. The number of methoxy groups -OCH3 is 1. The first-order valence-corrected chi connectivity index (χ1v) is 14.1. The van der Waals surface area contributed by atoms with Gasteiger partial charge in [-0.05, 0) is 95.5 Å². The molecule has 0 fully saturated rings. The summed E-state index contributed by atoms with van der Waals surface area (Å²) in [6, 6.07) is 21.0. The number of carbonyl (C=O) groups excluding carboxylic acids is 1. The molecule has 39 heavy (non-hydrogen) atoms. The van der Waals surface area contributed by atoms with Crippen LogP contribution in [0.4, 0.5) is 0 Å². The van der Waals surface area contributed by atoms with E-state index in [2.05, 4.69) is 84.9 Å². The maximum absolute atomic E-state index is 11.9. The van der Waals surface area contributed by atoms with Gasteiger partial charge in [-0.3, -0.25) is 0 Å². The van der Waals surface area contributed by atoms with Crippen molar-refractivity contribution in [2.24, 2.45) is 5.41 Å². The topological polar surface area (TPSA) is 66.8 Å². The average molecular weight is 531 g/mol. The van der Waals surface area contributed by atoms with Crippen molar-refractivity contribution < 1.29 is 19.7 Å². The number of aliphatic hydroxyl groups excluding tert-OH is 2. The molecule has 0 aromatic heterocycles. The molecule has 0 spiro atoms. The smallest absolute Gasteiger partial charge is 0.339 e. The fourth-order valence-electron chi connectivity index (χ4n) is 5.64. The van der Waals surface area contributed by atoms with Crippen molar-refractivity contribution in [1.29, 1.82) is 0 Å². The zero-order chi connectivity index (χ0) is 29.0. The summed E-state index contributed by atoms with van der Waals surface area (Å²) in [5.41, 5.74) is 8.64. The molecule has 0 radical (unpaired) electrons. The van der Waals surface area contributed by atoms with Gasteiger partial charge in [0.2, 0.25) is 0 Å². The van der Waals surface area contributed by atoms with Crippen molar-refractivity contribution in [1.82, 2.24) is 0 Å². The molecule has 3 aromatic rings. The van der Waals surface area contributed by atoms with Crippen LogP contribution in [-0.2, 0) is 21.4 Å². The molecule has 0 aliphatic rings. The third-order valence-electron chi connectivity index (χ3n) is 8.51. The highest BCUT2D eigenvalue weighted by Gasteiger charge is 2.31. The van der Waals surface area contributed by atoms with Crippen LogP contribution in [0.5, 0.6) is 0 Å². The maximum atomic E-state index is 11.9. The first kappa shape index (κ1) is 30.6. The molecule has 210 valence electrons. The van der Waals surface area contributed by atoms with E-state index in [4.69, 9.17) is 4.74 Å². The summed E-state index contributed by atoms with van der Waals surface area (Å²) in [7, 11) is 1.28. The van der Waals surface area contributed by atoms with Gasteiger partial charge in [0.15, 0.2) is 6.10 Å². The van der Waals surface area contributed by atoms with E-state index in [0.717, 1.165) is 42.4 Å². The van der Waals surface area contributed by atoms with Crippen LogP contribution in [0.2, 0.25) is 0 Å². The summed E-state index contributed by atoms with van der Waals surface area (Å²) in [5, 5.41) is 20.8. The molecular formula is C35H46O4. The number of esters is 1. The molecule has 2 unspecified atom stereocenters. The standard InChI is InChI=1S/C35H46O4/c1-9-35(10-2,28-16-14-25(23(3)20-28)15-19-31(36)34(5,6)7)29-17-18-30(24(4)21-29)26-12-11-13-27(22-26)32(37)33(38)39-8/h11-14,16-18,20-22,31-32,36-37H,9-10,15,19H2,1-8H3. The van der Waals surface area contributed by atoms with Gasteiger partial charge >= 0.3 is 5.97 Å². The van der Waals surface area contributed by atoms with Crippen molar-refractivity contribution in [2.75, 3.05) is 7.11 Å². The molecule has 0 heterocycles. The van der Waals surface area contributed by atoms with Gasteiger partial charge in [0.25, 0.3) is 0 Å². The predicted molar refractivity (Wildman–Crippen MR) is 160 cm³/mol. The molecule has 0 aliphatic heterocycles. The van der Waals surface area contributed by atoms with Gasteiger partial charge in [-0.2, -0.15) is 0 Å². The van der Waals surface area contributed by atoms with Crippen LogP contribution in [0.15, 0.2) is 60.7 Å². The summed E-state index contributed by atoms with van der Waals surface area (Å²) in [6.45, 7) is 15.1. The van der Waals surface area contributed by atoms with Crippen molar-refractivity contribution in [2.45, 2.75) is 91.8 Å². The first-order valence-electron chi connectivity index (χ1n) is 14.1. The fraction of sp³-hybridized carbons (Fsp3) is 0.457. The Morgan fingerprint density at radius 3 is 2.03 bits per heavy atom. The molecule has 0 bridgehead atoms. The highest BCUT2D eigenvalue weighted by Crippen LogP contribution is 2.41. The van der Waals surface area contributed by atoms with E-state index >= 15 is 0 Å². The predicted octanol–water partition coefficient (Wildman–Crippen LogP) is 7.62. The molecule has 4 nitrogen and oxygen atoms in total. The number of hydrogen-bond acceptors (Lipinski definition) is 4. The molecular weight excluding hydrogens is 484 g/mol. The van der Waals surface area contributed by atoms with Gasteiger partial charge in [0, 0.05) is 5.41 Å². The quantitative estimate of drug-likeness (QED) is 0.265. The molecule has 2 atom stereocenters. The summed E-state index contributed by atoms with van der Waals surface area (Å²) in [4.78, 5) is 11.9. The number of aryl methyl sites for hydroxylation is 3. The Kier molecular flexibility index (Phi) is 9.79. The van der Waals surface area contributed by atoms with Crippen LogP contribution in [0, 0.1) is 19.3 Å². The van der Waals surface area contributed by atoms with E-state index in [9.17, 15) is 15.0 Å². The largest absolute Gasteiger partial charge is 0.467 e. The lowest BCUT2D eigenvalue weighted by molar-refractivity contribution is -0.150. The van der Waals surface area contributed by atoms with Crippen molar-refractivity contribution in [3.8, 4) is 11.1 Å². The van der Waals surface area contributed by atoms with Gasteiger partial charge in [-0.25, -0.2) is 4.79 Å². The van der Waals surface area contributed by atoms with Crippen molar-refractivity contribution in [3.05, 3.63) is 94.0 Å². The molecule has 2 N–H and O–H groups in total. The van der Waals surface area contributed by atoms with E-state index in [1.165, 1.54) is 29.4 Å². The minimum absolute atomic E-state index is 0.111. The zero-order valence-electron chi connectivity index (χ0n) is 25.0. The fourth-order valence-corrected chi connectivity index (χ4v) is 5.64. The maximum Gasteiger partial charge on any atom is 0.339 e. The van der Waals surface area contributed by atoms with Crippen LogP contribution in [0.25, 0.3) is 11.1 Å². The Morgan fingerprint density at radius 2 is 1.49 bits per heavy atom. The molecule has 3 aromatic carbocycles. The lowest BCUT2D eigenvalue weighted by Crippen LogP contribution is -2.27. The number of hydrogen-bond donors (Lipinski definition) is 2. The van der Waals surface area contributed by atoms with Gasteiger partial charge in [-0.1, -0.05) is 89.2 Å². The zero-order valence-corrected chi connectivity index (χ0v) is 25.0. The molecule has 0 saturated carbocycles. The monoisotopic (exact) mass is 530 g/mol. The highest BCUT2D eigenvalue weighted by molar-refractivity contribution is 5.77. The Labute approximate surface area is 235 Å². The second-order valence-electron chi connectivity index (χ2n) is 11.9. The van der Waals surface area contributed by atoms with E-state index in [1.54, 1.807) is 6.07 Å². The normalized spacial score (nSPS) is 13.7. The summed E-state index contributed by atoms with van der Waals surface area (Å²) < 4.78 is 4.71. The molecule has 0 saturated heterocycles. The second-order valence-corrected chi connectivity index (χ2v) is 11.9. The van der Waals surface area contributed by atoms with Gasteiger partial charge in [-0.15, -0.1) is 0 Å². The lowest BCUT2D eigenvalue weighted by Gasteiger charge is -2.34. The van der Waals surface area contributed by atoms with Crippen LogP contribution in [0.3, 0.4) is 0 Å². The SMILES string of the molecule is CCC(CC)(c1ccc(CCC(O)C(C)(C)C)c(C)c1)c1ccc(-c2cccc(C(O)C(=O)OC)c2)c(C)c1. The minimum atomic E-state index is -1.30. The Bertz CT molecular complexity index is 1280. The molecule has 0 amide bonds. The minimum Gasteiger partial charge on any atom is -0.467 e. The van der Waals surface area contributed by atoms with Crippen LogP contribution in [0.1, 0.15) is 93.4 Å². The van der Waals surface area contributed by atoms with Crippen LogP contribution >= 0.6 is 0 Å². The summed E-state index contributed by atoms with van der Waals surface area (Å²) in [5.74, 6) is -0.665. The first-order chi connectivity index (χ1) is 18.4. The third kappa shape index (κ3) is 6.62. The average Bonchev–Trinajstić information content (AvgIpc) is 2.92. The van der Waals surface area contributed by atoms with Crippen molar-refractivity contribution in [3.63, 3.8) is 0 Å². The van der Waals surface area contributed by atoms with Crippen LogP contribution < -0.4 is 0 Å². The second kappa shape index (κ2) is 12.5. The van der Waals surface area contributed by atoms with E-state index in [-0.39, 0.29) is 16.9 Å². The third-order valence-corrected chi connectivity index (χ3v) is 8.51. The Morgan fingerprint density at radius 1 is 0.872 bits per heavy atom. The number of aliphatic hydroxyl groups is 2. The van der Waals surface area contributed by atoms with E-state index < -0.39 is 12.1 Å². The summed E-state index contributed by atoms with van der Waals surface area (Å²) in [6.07, 6.45) is 1.95. The highest BCUT2D eigenvalue weighted by atomic mass is 16.5. The van der Waals surface area contributed by atoms with E-state index in [0.29, 0.717) is 5.56 Å². The van der Waals surface area contributed by atoms with Gasteiger partial charge < -0.3 is 14.9 Å². The number of ether oxygens (including phenoxy) is 1. The molecule has 0 aliphatic carbocycles. The Hall–Kier alpha value is -2.95. The lowest BCUT2D eigenvalue weighted by atomic mass is 9.69. The summed E-state index contributed by atoms with van der Waals surface area (Å²) >= 11 is 0. The number of benzene rings is 3. The van der Waals surface area contributed by atoms with Crippen LogP contribution in [-0.4, -0.2) is 29.4 Å². The molecule has 3 rings (SSSR count). The van der Waals surface area contributed by atoms with Gasteiger partial charge in [0.05, 0.1) is 13.2 Å². The van der Waals surface area contributed by atoms with Crippen molar-refractivity contribution >= 4 is 5.97 Å². The van der Waals surface area contributed by atoms with E-state index in [1.807, 2.05) is 18.2 Å². The van der Waals surface area contributed by atoms with Gasteiger partial charge in [0.1, 0.15) is 0 Å². The number of rotatable bonds is 10. The number of carbonyl (C=O) groups is 1.